The highest BCUT2D eigenvalue weighted by Crippen LogP contribution is 2.34. The molecule has 2 N–H and O–H groups in total. The van der Waals surface area contributed by atoms with Crippen molar-refractivity contribution in [2.24, 2.45) is 0 Å². The van der Waals surface area contributed by atoms with E-state index in [0.717, 1.165) is 0 Å². The van der Waals surface area contributed by atoms with Crippen molar-refractivity contribution in [2.45, 2.75) is 0 Å². The van der Waals surface area contributed by atoms with E-state index in [4.69, 9.17) is 0 Å². The van der Waals surface area contributed by atoms with Crippen LogP contribution >= 0.6 is 0 Å². The van der Waals surface area contributed by atoms with Crippen LogP contribution < -0.4 is 10.6 Å². The molecule has 2 aliphatic carbocycles. The maximum absolute atomic E-state index is 13.3. The van der Waals surface area contributed by atoms with Gasteiger partial charge in [-0.1, -0.05) is 72.8 Å². The number of nitrogens with one attached hydrogen (secondary N) is 2. The minimum atomic E-state index is -0.278. The molecule has 0 aliphatic heterocycles. The molecule has 0 radical (unpaired) electrons. The van der Waals surface area contributed by atoms with Gasteiger partial charge in [0.05, 0.1) is 22.5 Å². The third kappa shape index (κ3) is 3.52. The molecule has 0 fully saturated rings. The van der Waals surface area contributed by atoms with Crippen molar-refractivity contribution in [3.8, 4) is 0 Å². The van der Waals surface area contributed by atoms with Crippen molar-refractivity contribution >= 4 is 46.4 Å². The Morgan fingerprint density at radius 3 is 1.23 bits per heavy atom. The predicted molar refractivity (Wildman–Crippen MR) is 146 cm³/mol. The van der Waals surface area contributed by atoms with E-state index in [1.807, 2.05) is 0 Å². The van der Waals surface area contributed by atoms with Gasteiger partial charge in [-0.3, -0.25) is 19.2 Å². The fraction of sp³-hybridized carbons (Fsp3) is 0. The van der Waals surface area contributed by atoms with Crippen LogP contribution in [0.25, 0.3) is 0 Å². The van der Waals surface area contributed by atoms with E-state index >= 15 is 0 Å². The van der Waals surface area contributed by atoms with Crippen molar-refractivity contribution in [1.82, 2.24) is 15.0 Å². The molecule has 0 bridgehead atoms. The zero-order chi connectivity index (χ0) is 27.4. The number of nitrogens with zero attached hydrogens (tertiary/aromatic N) is 3. The van der Waals surface area contributed by atoms with Gasteiger partial charge >= 0.3 is 0 Å². The summed E-state index contributed by atoms with van der Waals surface area (Å²) in [6, 6.07) is 23.4. The second kappa shape index (κ2) is 8.88. The summed E-state index contributed by atoms with van der Waals surface area (Å²) in [4.78, 5) is 65.6. The van der Waals surface area contributed by atoms with Crippen LogP contribution in [0.3, 0.4) is 0 Å². The lowest BCUT2D eigenvalue weighted by Crippen LogP contribution is -2.22. The molecule has 0 saturated carbocycles. The standard InChI is InChI=1S/C31H17N5O4/c37-26-16-7-1-3-9-18(16)28(39)24-20(26)11-5-13-22(24)34-30-32-15-33-31(36-30)35-23-14-6-12-21-25(23)29(40)19-10-4-2-8-17(19)27(21)38/h1-15H,(H2,32,33,34,35,36). The summed E-state index contributed by atoms with van der Waals surface area (Å²) < 4.78 is 0. The Labute approximate surface area is 227 Å². The quantitative estimate of drug-likeness (QED) is 0.330. The van der Waals surface area contributed by atoms with Gasteiger partial charge < -0.3 is 10.6 Å². The second-order valence-electron chi connectivity index (χ2n) is 9.25. The largest absolute Gasteiger partial charge is 0.323 e. The maximum Gasteiger partial charge on any atom is 0.232 e. The lowest BCUT2D eigenvalue weighted by atomic mass is 9.83. The normalized spacial score (nSPS) is 13.2. The highest BCUT2D eigenvalue weighted by molar-refractivity contribution is 6.31. The second-order valence-corrected chi connectivity index (χ2v) is 9.25. The first-order chi connectivity index (χ1) is 19.5. The highest BCUT2D eigenvalue weighted by Gasteiger charge is 2.33. The van der Waals surface area contributed by atoms with Crippen LogP contribution in [-0.2, 0) is 0 Å². The van der Waals surface area contributed by atoms with Gasteiger partial charge in [-0.2, -0.15) is 4.98 Å². The number of benzene rings is 4. The number of carbonyl (C=O) groups excluding carboxylic acids is 4. The average molecular weight is 524 g/mol. The van der Waals surface area contributed by atoms with Gasteiger partial charge in [-0.15, -0.1) is 0 Å². The fourth-order valence-electron chi connectivity index (χ4n) is 5.16. The smallest absolute Gasteiger partial charge is 0.232 e. The van der Waals surface area contributed by atoms with Crippen molar-refractivity contribution in [3.63, 3.8) is 0 Å². The molecule has 2 aliphatic rings. The molecule has 0 unspecified atom stereocenters. The Kier molecular flexibility index (Phi) is 5.17. The molecule has 0 atom stereocenters. The Bertz CT molecular complexity index is 1810. The van der Waals surface area contributed by atoms with Crippen LogP contribution in [-0.4, -0.2) is 38.1 Å². The van der Waals surface area contributed by atoms with Gasteiger partial charge in [-0.05, 0) is 12.1 Å². The van der Waals surface area contributed by atoms with Gasteiger partial charge in [0.25, 0.3) is 0 Å². The topological polar surface area (TPSA) is 131 Å². The average Bonchev–Trinajstić information content (AvgIpc) is 2.99. The van der Waals surface area contributed by atoms with Crippen molar-refractivity contribution in [2.75, 3.05) is 10.6 Å². The molecule has 40 heavy (non-hydrogen) atoms. The molecule has 1 heterocycles. The van der Waals surface area contributed by atoms with Gasteiger partial charge in [0, 0.05) is 33.4 Å². The van der Waals surface area contributed by atoms with Crippen LogP contribution in [0.2, 0.25) is 0 Å². The highest BCUT2D eigenvalue weighted by atomic mass is 16.1. The van der Waals surface area contributed by atoms with Crippen LogP contribution in [0, 0.1) is 0 Å². The summed E-state index contributed by atoms with van der Waals surface area (Å²) in [5, 5.41) is 6.07. The lowest BCUT2D eigenvalue weighted by Gasteiger charge is -2.21. The number of carbonyl (C=O) groups is 4. The predicted octanol–water partition coefficient (Wildman–Crippen LogP) is 4.91. The number of aromatic nitrogens is 3. The van der Waals surface area contributed by atoms with Crippen LogP contribution in [0.1, 0.15) is 63.7 Å². The first kappa shape index (κ1) is 23.3. The molecule has 5 aromatic rings. The van der Waals surface area contributed by atoms with Crippen molar-refractivity contribution < 1.29 is 19.2 Å². The summed E-state index contributed by atoms with van der Waals surface area (Å²) >= 11 is 0. The molecular weight excluding hydrogens is 506 g/mol. The summed E-state index contributed by atoms with van der Waals surface area (Å²) in [5.74, 6) is -0.798. The Hall–Kier alpha value is -5.83. The Morgan fingerprint density at radius 2 is 0.800 bits per heavy atom. The lowest BCUT2D eigenvalue weighted by molar-refractivity contribution is 0.0979. The molecule has 0 spiro atoms. The van der Waals surface area contributed by atoms with E-state index < -0.39 is 0 Å². The zero-order valence-electron chi connectivity index (χ0n) is 20.6. The Morgan fingerprint density at radius 1 is 0.425 bits per heavy atom. The molecule has 190 valence electrons. The molecule has 0 saturated heterocycles. The van der Waals surface area contributed by atoms with E-state index in [1.165, 1.54) is 6.33 Å². The monoisotopic (exact) mass is 523 g/mol. The molecule has 0 amide bonds. The molecule has 7 rings (SSSR count). The van der Waals surface area contributed by atoms with E-state index in [-0.39, 0.29) is 46.2 Å². The maximum atomic E-state index is 13.3. The summed E-state index contributed by atoms with van der Waals surface area (Å²) in [5.41, 5.74) is 3.21. The SMILES string of the molecule is O=C1c2ccccc2C(=O)c2c(Nc3ncnc(Nc4cccc5c4C(=O)c4ccccc4C5=O)n3)cccc21. The van der Waals surface area contributed by atoms with Crippen LogP contribution in [0.15, 0.2) is 91.3 Å². The van der Waals surface area contributed by atoms with E-state index in [9.17, 15) is 19.2 Å². The number of fused-ring (bicyclic) bond motifs is 4. The van der Waals surface area contributed by atoms with Gasteiger partial charge in [0.15, 0.2) is 23.1 Å². The molecule has 4 aromatic carbocycles. The van der Waals surface area contributed by atoms with Crippen molar-refractivity contribution in [1.29, 1.82) is 0 Å². The Balaban J connectivity index is 1.22. The van der Waals surface area contributed by atoms with E-state index in [2.05, 4.69) is 25.6 Å². The third-order valence-electron chi connectivity index (χ3n) is 6.97. The van der Waals surface area contributed by atoms with Crippen molar-refractivity contribution in [3.05, 3.63) is 136 Å². The van der Waals surface area contributed by atoms with Crippen LogP contribution in [0.4, 0.5) is 23.3 Å². The first-order valence-electron chi connectivity index (χ1n) is 12.4. The molecule has 1 aromatic heterocycles. The molecule has 9 nitrogen and oxygen atoms in total. The minimum Gasteiger partial charge on any atom is -0.323 e. The molecule has 9 heteroatoms. The third-order valence-corrected chi connectivity index (χ3v) is 6.97. The fourth-order valence-corrected chi connectivity index (χ4v) is 5.16. The molecular formula is C31H17N5O4. The van der Waals surface area contributed by atoms with Crippen LogP contribution in [0.5, 0.6) is 0 Å². The minimum absolute atomic E-state index is 0.113. The summed E-state index contributed by atoms with van der Waals surface area (Å²) in [7, 11) is 0. The number of ketones is 4. The number of hydrogen-bond donors (Lipinski definition) is 2. The first-order valence-corrected chi connectivity index (χ1v) is 12.4. The number of hydrogen-bond acceptors (Lipinski definition) is 9. The number of anilines is 4. The van der Waals surface area contributed by atoms with E-state index in [1.54, 1.807) is 84.9 Å². The number of rotatable bonds is 4. The van der Waals surface area contributed by atoms with E-state index in [0.29, 0.717) is 44.8 Å². The van der Waals surface area contributed by atoms with Gasteiger partial charge in [-0.25, -0.2) is 9.97 Å². The summed E-state index contributed by atoms with van der Waals surface area (Å²) in [6.07, 6.45) is 1.27. The zero-order valence-corrected chi connectivity index (χ0v) is 20.6. The van der Waals surface area contributed by atoms with Gasteiger partial charge in [0.1, 0.15) is 6.33 Å². The van der Waals surface area contributed by atoms with Gasteiger partial charge in [0.2, 0.25) is 11.9 Å². The summed E-state index contributed by atoms with van der Waals surface area (Å²) in [6.45, 7) is 0.